The van der Waals surface area contributed by atoms with Gasteiger partial charge in [-0.2, -0.15) is 4.98 Å². The van der Waals surface area contributed by atoms with Gasteiger partial charge in [-0.25, -0.2) is 0 Å². The van der Waals surface area contributed by atoms with Crippen molar-refractivity contribution in [2.45, 2.75) is 51.5 Å². The van der Waals surface area contributed by atoms with Crippen molar-refractivity contribution in [2.24, 2.45) is 0 Å². The van der Waals surface area contributed by atoms with Gasteiger partial charge in [0.1, 0.15) is 5.75 Å². The predicted octanol–water partition coefficient (Wildman–Crippen LogP) is 5.27. The van der Waals surface area contributed by atoms with Crippen molar-refractivity contribution in [1.82, 2.24) is 15.5 Å². The molecule has 1 aromatic heterocycles. The molecule has 1 unspecified atom stereocenters. The Balaban J connectivity index is 1.45. The molecular formula is C22H27N3O2. The predicted molar refractivity (Wildman–Crippen MR) is 107 cm³/mol. The second-order valence-electron chi connectivity index (χ2n) is 7.24. The summed E-state index contributed by atoms with van der Waals surface area (Å²) in [6, 6.07) is 12.7. The Morgan fingerprint density at radius 1 is 1.11 bits per heavy atom. The summed E-state index contributed by atoms with van der Waals surface area (Å²) in [5.74, 6) is 2.27. The maximum Gasteiger partial charge on any atom is 0.244 e. The Morgan fingerprint density at radius 2 is 2.00 bits per heavy atom. The lowest BCUT2D eigenvalue weighted by molar-refractivity contribution is 0.305. The number of hydrogen-bond donors (Lipinski definition) is 1. The van der Waals surface area contributed by atoms with E-state index < -0.39 is 0 Å². The largest absolute Gasteiger partial charge is 0.494 e. The molecule has 0 saturated carbocycles. The fourth-order valence-corrected chi connectivity index (χ4v) is 3.56. The molecule has 0 radical (unpaired) electrons. The maximum atomic E-state index is 5.89. The highest BCUT2D eigenvalue weighted by Gasteiger charge is 2.22. The zero-order valence-corrected chi connectivity index (χ0v) is 15.9. The number of aromatic nitrogens is 2. The number of fused-ring (bicyclic) bond motifs is 1. The number of ether oxygens (including phenoxy) is 1. The highest BCUT2D eigenvalue weighted by atomic mass is 16.5. The van der Waals surface area contributed by atoms with Crippen LogP contribution in [0.4, 0.5) is 0 Å². The normalized spacial score (nSPS) is 16.9. The van der Waals surface area contributed by atoms with E-state index in [2.05, 4.69) is 46.6 Å². The third-order valence-corrected chi connectivity index (χ3v) is 5.14. The molecule has 3 aromatic rings. The summed E-state index contributed by atoms with van der Waals surface area (Å²) in [5.41, 5.74) is 0.976. The molecule has 2 aromatic carbocycles. The number of hydrogen-bond acceptors (Lipinski definition) is 5. The van der Waals surface area contributed by atoms with Crippen LogP contribution in [-0.4, -0.2) is 23.3 Å². The van der Waals surface area contributed by atoms with E-state index in [1.165, 1.54) is 19.3 Å². The van der Waals surface area contributed by atoms with Crippen LogP contribution in [0.5, 0.6) is 5.75 Å². The fourth-order valence-electron chi connectivity index (χ4n) is 3.56. The lowest BCUT2D eigenvalue weighted by atomic mass is 10.1. The highest BCUT2D eigenvalue weighted by Crippen LogP contribution is 2.28. The first kappa shape index (κ1) is 18.0. The van der Waals surface area contributed by atoms with Crippen LogP contribution in [0.2, 0.25) is 0 Å². The highest BCUT2D eigenvalue weighted by molar-refractivity contribution is 5.87. The van der Waals surface area contributed by atoms with Crippen LogP contribution in [0.15, 0.2) is 40.9 Å². The Labute approximate surface area is 160 Å². The molecule has 1 N–H and O–H groups in total. The van der Waals surface area contributed by atoms with Gasteiger partial charge in [0.2, 0.25) is 11.7 Å². The lowest BCUT2D eigenvalue weighted by Gasteiger charge is -2.08. The van der Waals surface area contributed by atoms with Crippen molar-refractivity contribution in [3.63, 3.8) is 0 Å². The lowest BCUT2D eigenvalue weighted by Crippen LogP contribution is -2.12. The summed E-state index contributed by atoms with van der Waals surface area (Å²) in [7, 11) is 0. The van der Waals surface area contributed by atoms with Crippen molar-refractivity contribution in [3.05, 3.63) is 42.3 Å². The summed E-state index contributed by atoms with van der Waals surface area (Å²) in [5, 5.41) is 9.87. The monoisotopic (exact) mass is 365 g/mol. The molecule has 1 aliphatic heterocycles. The summed E-state index contributed by atoms with van der Waals surface area (Å²) < 4.78 is 11.4. The first-order chi connectivity index (χ1) is 13.3. The Bertz CT molecular complexity index is 884. The molecule has 4 rings (SSSR count). The van der Waals surface area contributed by atoms with Crippen LogP contribution in [0.3, 0.4) is 0 Å². The first-order valence-corrected chi connectivity index (χ1v) is 10.1. The van der Waals surface area contributed by atoms with Gasteiger partial charge in [0.25, 0.3) is 0 Å². The van der Waals surface area contributed by atoms with E-state index in [4.69, 9.17) is 9.26 Å². The average molecular weight is 365 g/mol. The Kier molecular flexibility index (Phi) is 5.68. The SMILES string of the molecule is CCCCCCOc1ccc2cc(-c3noc(C4CCCN4)n3)ccc2c1. The minimum Gasteiger partial charge on any atom is -0.494 e. The first-order valence-electron chi connectivity index (χ1n) is 10.1. The fraction of sp³-hybridized carbons (Fsp3) is 0.455. The number of benzene rings is 2. The van der Waals surface area contributed by atoms with E-state index >= 15 is 0 Å². The summed E-state index contributed by atoms with van der Waals surface area (Å²) >= 11 is 0. The van der Waals surface area contributed by atoms with E-state index in [1.54, 1.807) is 0 Å². The molecule has 27 heavy (non-hydrogen) atoms. The van der Waals surface area contributed by atoms with E-state index in [1.807, 2.05) is 12.1 Å². The molecule has 1 atom stereocenters. The molecular weight excluding hydrogens is 338 g/mol. The third-order valence-electron chi connectivity index (χ3n) is 5.14. The number of nitrogens with one attached hydrogen (secondary N) is 1. The second-order valence-corrected chi connectivity index (χ2v) is 7.24. The Hall–Kier alpha value is -2.40. The quantitative estimate of drug-likeness (QED) is 0.551. The van der Waals surface area contributed by atoms with Crippen LogP contribution >= 0.6 is 0 Å². The van der Waals surface area contributed by atoms with Crippen molar-refractivity contribution >= 4 is 10.8 Å². The van der Waals surface area contributed by atoms with Gasteiger partial charge >= 0.3 is 0 Å². The van der Waals surface area contributed by atoms with E-state index in [9.17, 15) is 0 Å². The van der Waals surface area contributed by atoms with Crippen molar-refractivity contribution < 1.29 is 9.26 Å². The van der Waals surface area contributed by atoms with Crippen LogP contribution < -0.4 is 10.1 Å². The molecule has 0 aliphatic carbocycles. The van der Waals surface area contributed by atoms with Gasteiger partial charge in [0.05, 0.1) is 12.6 Å². The molecule has 0 bridgehead atoms. The Morgan fingerprint density at radius 3 is 2.85 bits per heavy atom. The van der Waals surface area contributed by atoms with Crippen LogP contribution in [-0.2, 0) is 0 Å². The molecule has 2 heterocycles. The third kappa shape index (κ3) is 4.30. The number of nitrogens with zero attached hydrogens (tertiary/aromatic N) is 2. The van der Waals surface area contributed by atoms with Crippen LogP contribution in [0, 0.1) is 0 Å². The molecule has 142 valence electrons. The molecule has 5 heteroatoms. The topological polar surface area (TPSA) is 60.2 Å². The minimum atomic E-state index is 0.198. The number of unbranched alkanes of at least 4 members (excludes halogenated alkanes) is 3. The summed E-state index contributed by atoms with van der Waals surface area (Å²) in [6.45, 7) is 4.02. The van der Waals surface area contributed by atoms with Gasteiger partial charge in [-0.15, -0.1) is 0 Å². The van der Waals surface area contributed by atoms with Gasteiger partial charge in [0.15, 0.2) is 0 Å². The summed E-state index contributed by atoms with van der Waals surface area (Å²) in [6.07, 6.45) is 7.08. The van der Waals surface area contributed by atoms with Crippen LogP contribution in [0.1, 0.15) is 57.4 Å². The van der Waals surface area contributed by atoms with Gasteiger partial charge in [-0.05, 0) is 54.8 Å². The standard InChI is InChI=1S/C22H27N3O2/c1-2-3-4-5-13-26-19-11-10-16-14-18(9-8-17(16)15-19)21-24-22(27-25-21)20-7-6-12-23-20/h8-11,14-15,20,23H,2-7,12-13H2,1H3. The second kappa shape index (κ2) is 8.53. The molecule has 0 amide bonds. The van der Waals surface area contributed by atoms with E-state index in [-0.39, 0.29) is 6.04 Å². The van der Waals surface area contributed by atoms with Gasteiger partial charge in [0, 0.05) is 5.56 Å². The zero-order chi connectivity index (χ0) is 18.5. The van der Waals surface area contributed by atoms with Crippen molar-refractivity contribution in [1.29, 1.82) is 0 Å². The van der Waals surface area contributed by atoms with Crippen molar-refractivity contribution in [2.75, 3.05) is 13.2 Å². The minimum absolute atomic E-state index is 0.198. The van der Waals surface area contributed by atoms with Gasteiger partial charge in [-0.1, -0.05) is 49.5 Å². The maximum absolute atomic E-state index is 5.89. The zero-order valence-electron chi connectivity index (χ0n) is 15.9. The van der Waals surface area contributed by atoms with Gasteiger partial charge < -0.3 is 14.6 Å². The van der Waals surface area contributed by atoms with Crippen LogP contribution in [0.25, 0.3) is 22.2 Å². The van der Waals surface area contributed by atoms with Crippen molar-refractivity contribution in [3.8, 4) is 17.1 Å². The molecule has 5 nitrogen and oxygen atoms in total. The summed E-state index contributed by atoms with van der Waals surface area (Å²) in [4.78, 5) is 4.59. The molecule has 1 fully saturated rings. The smallest absolute Gasteiger partial charge is 0.244 e. The van der Waals surface area contributed by atoms with E-state index in [0.29, 0.717) is 11.7 Å². The molecule has 1 saturated heterocycles. The number of rotatable bonds is 8. The van der Waals surface area contributed by atoms with Gasteiger partial charge in [-0.3, -0.25) is 0 Å². The average Bonchev–Trinajstić information content (AvgIpc) is 3.39. The molecule has 1 aliphatic rings. The molecule has 0 spiro atoms. The van der Waals surface area contributed by atoms with E-state index in [0.717, 1.165) is 54.5 Å².